The molecule has 4 nitrogen and oxygen atoms in total. The normalized spacial score (nSPS) is 25.7. The zero-order valence-electron chi connectivity index (χ0n) is 12.7. The number of nitrogens with zero attached hydrogens (tertiary/aromatic N) is 1. The lowest BCUT2D eigenvalue weighted by molar-refractivity contribution is -0.191. The van der Waals surface area contributed by atoms with Gasteiger partial charge in [-0.2, -0.15) is 13.2 Å². The Kier molecular flexibility index (Phi) is 4.17. The van der Waals surface area contributed by atoms with Gasteiger partial charge < -0.3 is 15.0 Å². The molecule has 122 valence electrons. The zero-order valence-corrected chi connectivity index (χ0v) is 12.7. The number of rotatable bonds is 3. The second kappa shape index (κ2) is 5.34. The third-order valence-corrected chi connectivity index (χ3v) is 3.97. The molecule has 1 unspecified atom stereocenters. The lowest BCUT2D eigenvalue weighted by atomic mass is 10.1. The van der Waals surface area contributed by atoms with Crippen LogP contribution in [0.1, 0.15) is 40.0 Å². The summed E-state index contributed by atoms with van der Waals surface area (Å²) in [6.45, 7) is 6.40. The molecule has 1 saturated carbocycles. The third kappa shape index (κ3) is 4.25. The summed E-state index contributed by atoms with van der Waals surface area (Å²) >= 11 is 0. The van der Waals surface area contributed by atoms with Crippen LogP contribution in [0.5, 0.6) is 0 Å². The molecule has 1 aliphatic carbocycles. The largest absolute Gasteiger partial charge is 0.444 e. The van der Waals surface area contributed by atoms with Gasteiger partial charge in [-0.1, -0.05) is 0 Å². The molecule has 2 aliphatic rings. The molecule has 0 bridgehead atoms. The van der Waals surface area contributed by atoms with Crippen LogP contribution in [0.25, 0.3) is 0 Å². The maximum Gasteiger partial charge on any atom is 0.407 e. The molecule has 7 heteroatoms. The van der Waals surface area contributed by atoms with Crippen LogP contribution >= 0.6 is 0 Å². The minimum atomic E-state index is -4.12. The van der Waals surface area contributed by atoms with Crippen molar-refractivity contribution in [2.75, 3.05) is 19.6 Å². The van der Waals surface area contributed by atoms with Crippen molar-refractivity contribution in [2.45, 2.75) is 57.9 Å². The minimum Gasteiger partial charge on any atom is -0.444 e. The summed E-state index contributed by atoms with van der Waals surface area (Å²) in [7, 11) is 0. The van der Waals surface area contributed by atoms with Crippen molar-refractivity contribution in [2.24, 2.45) is 5.41 Å². The molecule has 0 radical (unpaired) electrons. The van der Waals surface area contributed by atoms with Gasteiger partial charge in [0.2, 0.25) is 0 Å². The Bertz CT molecular complexity index is 400. The highest BCUT2D eigenvalue weighted by Gasteiger charge is 2.63. The van der Waals surface area contributed by atoms with Crippen molar-refractivity contribution in [3.8, 4) is 0 Å². The molecule has 0 spiro atoms. The van der Waals surface area contributed by atoms with E-state index in [2.05, 4.69) is 5.32 Å². The molecule has 1 atom stereocenters. The van der Waals surface area contributed by atoms with Crippen molar-refractivity contribution >= 4 is 6.09 Å². The predicted molar refractivity (Wildman–Crippen MR) is 71.9 cm³/mol. The number of nitrogens with one attached hydrogen (secondary N) is 1. The van der Waals surface area contributed by atoms with Gasteiger partial charge in [-0.15, -0.1) is 0 Å². The fourth-order valence-electron chi connectivity index (χ4n) is 2.68. The molecule has 1 saturated heterocycles. The number of ether oxygens (including phenoxy) is 1. The van der Waals surface area contributed by atoms with E-state index < -0.39 is 23.3 Å². The predicted octanol–water partition coefficient (Wildman–Crippen LogP) is 2.93. The minimum absolute atomic E-state index is 0.0446. The van der Waals surface area contributed by atoms with Crippen LogP contribution in [0.15, 0.2) is 0 Å². The smallest absolute Gasteiger partial charge is 0.407 e. The first-order valence-corrected chi connectivity index (χ1v) is 7.29. The summed E-state index contributed by atoms with van der Waals surface area (Å²) in [6.07, 6.45) is -3.53. The van der Waals surface area contributed by atoms with Crippen molar-refractivity contribution in [1.82, 2.24) is 10.2 Å². The third-order valence-electron chi connectivity index (χ3n) is 3.97. The van der Waals surface area contributed by atoms with Gasteiger partial charge in [0.15, 0.2) is 0 Å². The molecule has 1 N–H and O–H groups in total. The van der Waals surface area contributed by atoms with E-state index in [9.17, 15) is 18.0 Å². The van der Waals surface area contributed by atoms with Crippen LogP contribution in [0.4, 0.5) is 18.0 Å². The number of alkyl carbamates (subject to hydrolysis) is 1. The SMILES string of the molecule is CC(C)(C)OC(=O)NC1CCN(CC2(C(F)(F)F)CC2)C1. The topological polar surface area (TPSA) is 41.6 Å². The molecule has 0 aromatic heterocycles. The number of alkyl halides is 3. The Morgan fingerprint density at radius 1 is 1.33 bits per heavy atom. The molecule has 2 rings (SSSR count). The molecule has 2 fully saturated rings. The Labute approximate surface area is 123 Å². The summed E-state index contributed by atoms with van der Waals surface area (Å²) < 4.78 is 43.9. The first-order valence-electron chi connectivity index (χ1n) is 7.29. The Morgan fingerprint density at radius 2 is 1.95 bits per heavy atom. The van der Waals surface area contributed by atoms with Gasteiger partial charge in [0.25, 0.3) is 0 Å². The average molecular weight is 308 g/mol. The van der Waals surface area contributed by atoms with Gasteiger partial charge >= 0.3 is 12.3 Å². The van der Waals surface area contributed by atoms with Gasteiger partial charge in [0, 0.05) is 25.7 Å². The van der Waals surface area contributed by atoms with Crippen LogP contribution in [0, 0.1) is 5.41 Å². The maximum absolute atomic E-state index is 12.9. The average Bonchev–Trinajstić information content (AvgIpc) is 2.92. The molecule has 1 aliphatic heterocycles. The molecular formula is C14H23F3N2O2. The lowest BCUT2D eigenvalue weighted by Gasteiger charge is -2.26. The summed E-state index contributed by atoms with van der Waals surface area (Å²) in [4.78, 5) is 13.4. The Morgan fingerprint density at radius 3 is 2.43 bits per heavy atom. The van der Waals surface area contributed by atoms with Crippen LogP contribution in [0.2, 0.25) is 0 Å². The van der Waals surface area contributed by atoms with Gasteiger partial charge in [0.05, 0.1) is 5.41 Å². The first kappa shape index (κ1) is 16.4. The van der Waals surface area contributed by atoms with Crippen LogP contribution < -0.4 is 5.32 Å². The van der Waals surface area contributed by atoms with Crippen LogP contribution in [-0.2, 0) is 4.74 Å². The lowest BCUT2D eigenvalue weighted by Crippen LogP contribution is -2.42. The van der Waals surface area contributed by atoms with Gasteiger partial charge in [-0.3, -0.25) is 0 Å². The molecule has 21 heavy (non-hydrogen) atoms. The number of hydrogen-bond donors (Lipinski definition) is 1. The van der Waals surface area contributed by atoms with E-state index in [1.165, 1.54) is 0 Å². The van der Waals surface area contributed by atoms with Gasteiger partial charge in [-0.25, -0.2) is 4.79 Å². The van der Waals surface area contributed by atoms with E-state index in [0.29, 0.717) is 19.5 Å². The van der Waals surface area contributed by atoms with E-state index in [0.717, 1.165) is 0 Å². The monoisotopic (exact) mass is 308 g/mol. The molecular weight excluding hydrogens is 285 g/mol. The highest BCUT2D eigenvalue weighted by atomic mass is 19.4. The number of halogens is 3. The standard InChI is InChI=1S/C14H23F3N2O2/c1-12(2,3)21-11(20)18-10-4-7-19(8-10)9-13(5-6-13)14(15,16)17/h10H,4-9H2,1-3H3,(H,18,20). The number of likely N-dealkylation sites (tertiary alicyclic amines) is 1. The highest BCUT2D eigenvalue weighted by Crippen LogP contribution is 2.58. The van der Waals surface area contributed by atoms with Crippen LogP contribution in [0.3, 0.4) is 0 Å². The quantitative estimate of drug-likeness (QED) is 0.871. The van der Waals surface area contributed by atoms with Gasteiger partial charge in [0.1, 0.15) is 5.60 Å². The molecule has 0 aromatic rings. The number of hydrogen-bond acceptors (Lipinski definition) is 3. The van der Waals surface area contributed by atoms with Crippen LogP contribution in [-0.4, -0.2) is 48.4 Å². The zero-order chi connectivity index (χ0) is 15.9. The van der Waals surface area contributed by atoms with E-state index >= 15 is 0 Å². The highest BCUT2D eigenvalue weighted by molar-refractivity contribution is 5.68. The van der Waals surface area contributed by atoms with Crippen molar-refractivity contribution < 1.29 is 22.7 Å². The van der Waals surface area contributed by atoms with Crippen molar-refractivity contribution in [1.29, 1.82) is 0 Å². The van der Waals surface area contributed by atoms with E-state index in [1.54, 1.807) is 25.7 Å². The molecule has 0 aromatic carbocycles. The maximum atomic E-state index is 12.9. The number of carbonyl (C=O) groups excluding carboxylic acids is 1. The van der Waals surface area contributed by atoms with Crippen molar-refractivity contribution in [3.63, 3.8) is 0 Å². The second-order valence-corrected chi connectivity index (χ2v) is 7.15. The summed E-state index contributed by atoms with van der Waals surface area (Å²) in [5, 5.41) is 2.73. The Hall–Kier alpha value is -0.980. The number of amides is 1. The summed E-state index contributed by atoms with van der Waals surface area (Å²) in [5.41, 5.74) is -2.08. The number of carbonyl (C=O) groups is 1. The first-order chi connectivity index (χ1) is 9.51. The Balaban J connectivity index is 1.78. The fourth-order valence-corrected chi connectivity index (χ4v) is 2.68. The van der Waals surface area contributed by atoms with E-state index in [1.807, 2.05) is 0 Å². The second-order valence-electron chi connectivity index (χ2n) is 7.15. The van der Waals surface area contributed by atoms with E-state index in [4.69, 9.17) is 4.74 Å². The van der Waals surface area contributed by atoms with Crippen molar-refractivity contribution in [3.05, 3.63) is 0 Å². The summed E-state index contributed by atoms with van der Waals surface area (Å²) in [5.74, 6) is 0. The molecule has 1 heterocycles. The fraction of sp³-hybridized carbons (Fsp3) is 0.929. The van der Waals surface area contributed by atoms with E-state index in [-0.39, 0.29) is 25.4 Å². The molecule has 1 amide bonds. The van der Waals surface area contributed by atoms with Gasteiger partial charge in [-0.05, 0) is 40.0 Å². The summed E-state index contributed by atoms with van der Waals surface area (Å²) in [6, 6.07) is -0.135.